The molecule has 0 saturated heterocycles. The van der Waals surface area contributed by atoms with Gasteiger partial charge in [0.2, 0.25) is 0 Å². The van der Waals surface area contributed by atoms with Crippen LogP contribution in [0.3, 0.4) is 0 Å². The predicted octanol–water partition coefficient (Wildman–Crippen LogP) is 2.75. The first-order chi connectivity index (χ1) is 8.86. The standard InChI is InChI=1S/C13H14N4O/c1-2-3-4-13-16-11-6-5-10(7-12(11)18-13)17-8-14-15-9-17/h5-9H,2-4H2,1H3. The number of hydrogen-bond donors (Lipinski definition) is 0. The molecule has 92 valence electrons. The molecule has 0 saturated carbocycles. The fourth-order valence-corrected chi connectivity index (χ4v) is 1.89. The fraction of sp³-hybridized carbons (Fsp3) is 0.308. The van der Waals surface area contributed by atoms with Gasteiger partial charge in [-0.05, 0) is 18.6 Å². The van der Waals surface area contributed by atoms with Crippen molar-refractivity contribution in [1.82, 2.24) is 19.7 Å². The van der Waals surface area contributed by atoms with E-state index in [-0.39, 0.29) is 0 Å². The zero-order valence-electron chi connectivity index (χ0n) is 10.2. The summed E-state index contributed by atoms with van der Waals surface area (Å²) in [6, 6.07) is 5.91. The molecule has 5 nitrogen and oxygen atoms in total. The Morgan fingerprint density at radius 1 is 1.22 bits per heavy atom. The van der Waals surface area contributed by atoms with E-state index in [1.807, 2.05) is 22.8 Å². The van der Waals surface area contributed by atoms with Crippen molar-refractivity contribution in [2.75, 3.05) is 0 Å². The summed E-state index contributed by atoms with van der Waals surface area (Å²) in [5.74, 6) is 0.813. The van der Waals surface area contributed by atoms with Crippen LogP contribution in [0.15, 0.2) is 35.3 Å². The number of nitrogens with zero attached hydrogens (tertiary/aromatic N) is 4. The Bertz CT molecular complexity index is 642. The lowest BCUT2D eigenvalue weighted by atomic mass is 10.2. The van der Waals surface area contributed by atoms with E-state index in [0.717, 1.165) is 41.9 Å². The van der Waals surface area contributed by atoms with Gasteiger partial charge >= 0.3 is 0 Å². The van der Waals surface area contributed by atoms with Crippen molar-refractivity contribution < 1.29 is 4.42 Å². The normalized spacial score (nSPS) is 11.2. The van der Waals surface area contributed by atoms with Crippen LogP contribution < -0.4 is 0 Å². The van der Waals surface area contributed by atoms with E-state index in [1.165, 1.54) is 0 Å². The van der Waals surface area contributed by atoms with Crippen LogP contribution in [0.25, 0.3) is 16.8 Å². The summed E-state index contributed by atoms with van der Waals surface area (Å²) < 4.78 is 7.58. The van der Waals surface area contributed by atoms with Gasteiger partial charge in [0, 0.05) is 12.5 Å². The summed E-state index contributed by atoms with van der Waals surface area (Å²) in [5, 5.41) is 7.58. The Morgan fingerprint density at radius 2 is 2.06 bits per heavy atom. The van der Waals surface area contributed by atoms with Gasteiger partial charge in [-0.15, -0.1) is 10.2 Å². The molecule has 5 heteroatoms. The van der Waals surface area contributed by atoms with Crippen LogP contribution in [0.1, 0.15) is 25.7 Å². The first-order valence-electron chi connectivity index (χ1n) is 6.11. The quantitative estimate of drug-likeness (QED) is 0.705. The largest absolute Gasteiger partial charge is 0.441 e. The van der Waals surface area contributed by atoms with Crippen LogP contribution >= 0.6 is 0 Å². The van der Waals surface area contributed by atoms with Crippen molar-refractivity contribution in [3.63, 3.8) is 0 Å². The fourth-order valence-electron chi connectivity index (χ4n) is 1.89. The minimum Gasteiger partial charge on any atom is -0.441 e. The molecule has 0 spiro atoms. The summed E-state index contributed by atoms with van der Waals surface area (Å²) in [5.41, 5.74) is 2.69. The van der Waals surface area contributed by atoms with E-state index in [9.17, 15) is 0 Å². The molecule has 3 rings (SSSR count). The molecule has 0 radical (unpaired) electrons. The Morgan fingerprint density at radius 3 is 2.83 bits per heavy atom. The number of rotatable bonds is 4. The number of benzene rings is 1. The average Bonchev–Trinajstić information content (AvgIpc) is 3.03. The second-order valence-corrected chi connectivity index (χ2v) is 4.23. The highest BCUT2D eigenvalue weighted by molar-refractivity contribution is 5.75. The van der Waals surface area contributed by atoms with Gasteiger partial charge in [-0.2, -0.15) is 0 Å². The van der Waals surface area contributed by atoms with Crippen LogP contribution in [-0.2, 0) is 6.42 Å². The van der Waals surface area contributed by atoms with Gasteiger partial charge in [-0.1, -0.05) is 13.3 Å². The van der Waals surface area contributed by atoms with Gasteiger partial charge in [0.25, 0.3) is 0 Å². The average molecular weight is 242 g/mol. The molecule has 0 aliphatic carbocycles. The lowest BCUT2D eigenvalue weighted by molar-refractivity contribution is 0.517. The molecule has 0 aliphatic heterocycles. The zero-order valence-corrected chi connectivity index (χ0v) is 10.2. The van der Waals surface area contributed by atoms with Gasteiger partial charge < -0.3 is 4.42 Å². The Balaban J connectivity index is 1.96. The third-order valence-electron chi connectivity index (χ3n) is 2.88. The minimum atomic E-state index is 0.812. The number of aryl methyl sites for hydroxylation is 1. The Labute approximate surface area is 104 Å². The van der Waals surface area contributed by atoms with Gasteiger partial charge in [0.1, 0.15) is 18.2 Å². The molecule has 2 aromatic heterocycles. The number of aromatic nitrogens is 4. The van der Waals surface area contributed by atoms with Crippen molar-refractivity contribution in [3.05, 3.63) is 36.7 Å². The van der Waals surface area contributed by atoms with Gasteiger partial charge in [0.05, 0.1) is 5.69 Å². The van der Waals surface area contributed by atoms with E-state index in [4.69, 9.17) is 4.42 Å². The maximum atomic E-state index is 5.74. The van der Waals surface area contributed by atoms with E-state index in [2.05, 4.69) is 22.1 Å². The predicted molar refractivity (Wildman–Crippen MR) is 67.5 cm³/mol. The molecule has 0 fully saturated rings. The molecular formula is C13H14N4O. The van der Waals surface area contributed by atoms with Crippen molar-refractivity contribution in [1.29, 1.82) is 0 Å². The van der Waals surface area contributed by atoms with E-state index in [0.29, 0.717) is 0 Å². The molecule has 0 atom stereocenters. The second-order valence-electron chi connectivity index (χ2n) is 4.23. The van der Waals surface area contributed by atoms with Gasteiger partial charge in [-0.3, -0.25) is 4.57 Å². The number of unbranched alkanes of at least 4 members (excludes halogenated alkanes) is 1. The topological polar surface area (TPSA) is 56.7 Å². The first-order valence-corrected chi connectivity index (χ1v) is 6.11. The van der Waals surface area contributed by atoms with E-state index < -0.39 is 0 Å². The van der Waals surface area contributed by atoms with Crippen molar-refractivity contribution in [2.24, 2.45) is 0 Å². The molecule has 1 aromatic carbocycles. The lowest BCUT2D eigenvalue weighted by Gasteiger charge is -1.98. The number of oxazole rings is 1. The van der Waals surface area contributed by atoms with E-state index >= 15 is 0 Å². The summed E-state index contributed by atoms with van der Waals surface area (Å²) >= 11 is 0. The molecule has 0 amide bonds. The summed E-state index contributed by atoms with van der Waals surface area (Å²) in [6.45, 7) is 2.16. The second kappa shape index (κ2) is 4.60. The third kappa shape index (κ3) is 1.99. The van der Waals surface area contributed by atoms with Crippen LogP contribution in [0, 0.1) is 0 Å². The summed E-state index contributed by atoms with van der Waals surface area (Å²) in [7, 11) is 0. The number of fused-ring (bicyclic) bond motifs is 1. The van der Waals surface area contributed by atoms with Crippen LogP contribution in [0.4, 0.5) is 0 Å². The molecule has 0 bridgehead atoms. The molecule has 0 aliphatic rings. The summed E-state index contributed by atoms with van der Waals surface area (Å²) in [6.07, 6.45) is 6.47. The third-order valence-corrected chi connectivity index (χ3v) is 2.88. The Hall–Kier alpha value is -2.17. The van der Waals surface area contributed by atoms with Gasteiger partial charge in [0.15, 0.2) is 11.5 Å². The maximum Gasteiger partial charge on any atom is 0.195 e. The smallest absolute Gasteiger partial charge is 0.195 e. The SMILES string of the molecule is CCCCc1nc2ccc(-n3cnnc3)cc2o1. The Kier molecular flexibility index (Phi) is 2.80. The van der Waals surface area contributed by atoms with Crippen LogP contribution in [-0.4, -0.2) is 19.7 Å². The minimum absolute atomic E-state index is 0.812. The summed E-state index contributed by atoms with van der Waals surface area (Å²) in [4.78, 5) is 4.47. The molecule has 2 heterocycles. The molecule has 0 N–H and O–H groups in total. The van der Waals surface area contributed by atoms with Gasteiger partial charge in [-0.25, -0.2) is 4.98 Å². The highest BCUT2D eigenvalue weighted by Crippen LogP contribution is 2.20. The molecule has 0 unspecified atom stereocenters. The van der Waals surface area contributed by atoms with Crippen LogP contribution in [0.2, 0.25) is 0 Å². The van der Waals surface area contributed by atoms with Crippen molar-refractivity contribution >= 4 is 11.1 Å². The van der Waals surface area contributed by atoms with Crippen molar-refractivity contribution in [2.45, 2.75) is 26.2 Å². The number of hydrogen-bond acceptors (Lipinski definition) is 4. The monoisotopic (exact) mass is 242 g/mol. The van der Waals surface area contributed by atoms with Crippen molar-refractivity contribution in [3.8, 4) is 5.69 Å². The van der Waals surface area contributed by atoms with Crippen LogP contribution in [0.5, 0.6) is 0 Å². The molecule has 3 aromatic rings. The lowest BCUT2D eigenvalue weighted by Crippen LogP contribution is -1.88. The first kappa shape index (κ1) is 11.0. The molecule has 18 heavy (non-hydrogen) atoms. The van der Waals surface area contributed by atoms with E-state index in [1.54, 1.807) is 12.7 Å². The zero-order chi connectivity index (χ0) is 12.4. The maximum absolute atomic E-state index is 5.74. The highest BCUT2D eigenvalue weighted by Gasteiger charge is 2.06. The highest BCUT2D eigenvalue weighted by atomic mass is 16.3. The molecular weight excluding hydrogens is 228 g/mol.